The van der Waals surface area contributed by atoms with E-state index in [0.717, 1.165) is 33.6 Å². The molecule has 0 bridgehead atoms. The van der Waals surface area contributed by atoms with Crippen molar-refractivity contribution < 1.29 is 0 Å². The van der Waals surface area contributed by atoms with E-state index in [1.165, 1.54) is 42.4 Å². The van der Waals surface area contributed by atoms with Crippen LogP contribution in [0.25, 0.3) is 76.1 Å². The predicted octanol–water partition coefficient (Wildman–Crippen LogP) is 11.2. The monoisotopic (exact) mass is 566 g/mol. The first kappa shape index (κ1) is 25.3. The minimum absolute atomic E-state index is 0.959. The average Bonchev–Trinajstić information content (AvgIpc) is 3.48. The van der Waals surface area contributed by atoms with Crippen molar-refractivity contribution in [3.05, 3.63) is 158 Å². The Bertz CT molecular complexity index is 2200. The van der Waals surface area contributed by atoms with Gasteiger partial charge in [-0.15, -0.1) is 11.3 Å². The molecule has 0 saturated carbocycles. The van der Waals surface area contributed by atoms with Crippen molar-refractivity contribution in [3.63, 3.8) is 0 Å². The molecule has 0 aliphatic heterocycles. The van der Waals surface area contributed by atoms with Crippen LogP contribution in [0.1, 0.15) is 0 Å². The molecule has 0 N–H and O–H groups in total. The van der Waals surface area contributed by atoms with Crippen molar-refractivity contribution in [3.8, 4) is 55.9 Å². The summed E-state index contributed by atoms with van der Waals surface area (Å²) in [5.41, 5.74) is 11.4. The molecule has 3 heteroatoms. The summed E-state index contributed by atoms with van der Waals surface area (Å²) in [6.45, 7) is 0. The lowest BCUT2D eigenvalue weighted by molar-refractivity contribution is 1.32. The SMILES string of the molecule is c1ccc(-c2cc(-c3cccc4c3sc3c(-c5ccccc5)cccc34)cc(-c3ccc(-c4ccncc4)cc3)n2)cc1. The van der Waals surface area contributed by atoms with Crippen molar-refractivity contribution in [2.45, 2.75) is 0 Å². The van der Waals surface area contributed by atoms with Gasteiger partial charge in [0.1, 0.15) is 0 Å². The van der Waals surface area contributed by atoms with Gasteiger partial charge in [-0.1, -0.05) is 121 Å². The van der Waals surface area contributed by atoms with E-state index in [0.29, 0.717) is 0 Å². The molecule has 0 atom stereocenters. The summed E-state index contributed by atoms with van der Waals surface area (Å²) in [5, 5.41) is 2.59. The number of aromatic nitrogens is 2. The van der Waals surface area contributed by atoms with E-state index in [-0.39, 0.29) is 0 Å². The third kappa shape index (κ3) is 4.70. The molecule has 8 aromatic rings. The molecule has 0 spiro atoms. The highest BCUT2D eigenvalue weighted by atomic mass is 32.1. The van der Waals surface area contributed by atoms with Gasteiger partial charge in [0.2, 0.25) is 0 Å². The summed E-state index contributed by atoms with van der Waals surface area (Å²) in [4.78, 5) is 9.33. The van der Waals surface area contributed by atoms with Gasteiger partial charge in [0, 0.05) is 43.7 Å². The molecule has 0 aliphatic carbocycles. The lowest BCUT2D eigenvalue weighted by Gasteiger charge is -2.12. The molecule has 0 fully saturated rings. The Morgan fingerprint density at radius 3 is 1.47 bits per heavy atom. The first-order chi connectivity index (χ1) is 21.3. The summed E-state index contributed by atoms with van der Waals surface area (Å²) in [7, 11) is 0. The quantitative estimate of drug-likeness (QED) is 0.207. The number of fused-ring (bicyclic) bond motifs is 3. The Morgan fingerprint density at radius 1 is 0.372 bits per heavy atom. The van der Waals surface area contributed by atoms with Crippen molar-refractivity contribution in [2.24, 2.45) is 0 Å². The van der Waals surface area contributed by atoms with Crippen molar-refractivity contribution in [2.75, 3.05) is 0 Å². The Kier molecular flexibility index (Phi) is 6.36. The van der Waals surface area contributed by atoms with Crippen LogP contribution in [-0.4, -0.2) is 9.97 Å². The molecule has 0 radical (unpaired) electrons. The Hall–Kier alpha value is -5.38. The van der Waals surface area contributed by atoms with Crippen LogP contribution in [0.15, 0.2) is 158 Å². The first-order valence-corrected chi connectivity index (χ1v) is 15.2. The second-order valence-corrected chi connectivity index (χ2v) is 11.7. The maximum absolute atomic E-state index is 5.17. The molecular formula is C40H26N2S. The Labute approximate surface area is 254 Å². The molecule has 5 aromatic carbocycles. The maximum Gasteiger partial charge on any atom is 0.0715 e. The number of hydrogen-bond acceptors (Lipinski definition) is 3. The van der Waals surface area contributed by atoms with E-state index in [9.17, 15) is 0 Å². The van der Waals surface area contributed by atoms with Crippen LogP contribution in [-0.2, 0) is 0 Å². The topological polar surface area (TPSA) is 25.8 Å². The van der Waals surface area contributed by atoms with Crippen LogP contribution >= 0.6 is 11.3 Å². The van der Waals surface area contributed by atoms with E-state index in [1.807, 2.05) is 41.9 Å². The van der Waals surface area contributed by atoms with Gasteiger partial charge in [-0.3, -0.25) is 4.98 Å². The number of thiophene rings is 1. The van der Waals surface area contributed by atoms with Gasteiger partial charge in [0.25, 0.3) is 0 Å². The van der Waals surface area contributed by atoms with Gasteiger partial charge < -0.3 is 0 Å². The van der Waals surface area contributed by atoms with E-state index < -0.39 is 0 Å². The normalized spacial score (nSPS) is 11.3. The fourth-order valence-electron chi connectivity index (χ4n) is 5.86. The molecule has 202 valence electrons. The van der Waals surface area contributed by atoms with Crippen LogP contribution in [0.4, 0.5) is 0 Å². The molecule has 0 saturated heterocycles. The highest BCUT2D eigenvalue weighted by molar-refractivity contribution is 7.26. The molecule has 0 aliphatic rings. The third-order valence-electron chi connectivity index (χ3n) is 8.01. The highest BCUT2D eigenvalue weighted by Crippen LogP contribution is 2.44. The Balaban J connectivity index is 1.31. The van der Waals surface area contributed by atoms with Crippen LogP contribution in [0, 0.1) is 0 Å². The Morgan fingerprint density at radius 2 is 0.860 bits per heavy atom. The van der Waals surface area contributed by atoms with Gasteiger partial charge in [0.05, 0.1) is 11.4 Å². The summed E-state index contributed by atoms with van der Waals surface area (Å²) >= 11 is 1.88. The number of pyridine rings is 2. The van der Waals surface area contributed by atoms with Crippen molar-refractivity contribution in [1.29, 1.82) is 0 Å². The van der Waals surface area contributed by atoms with Crippen LogP contribution in [0.3, 0.4) is 0 Å². The fourth-order valence-corrected chi connectivity index (χ4v) is 7.23. The van der Waals surface area contributed by atoms with Gasteiger partial charge in [-0.2, -0.15) is 0 Å². The predicted molar refractivity (Wildman–Crippen MR) is 182 cm³/mol. The number of benzene rings is 5. The van der Waals surface area contributed by atoms with Gasteiger partial charge in [-0.25, -0.2) is 4.98 Å². The first-order valence-electron chi connectivity index (χ1n) is 14.4. The highest BCUT2D eigenvalue weighted by Gasteiger charge is 2.16. The van der Waals surface area contributed by atoms with Gasteiger partial charge >= 0.3 is 0 Å². The van der Waals surface area contributed by atoms with E-state index in [2.05, 4.69) is 132 Å². The number of rotatable bonds is 5. The second kappa shape index (κ2) is 10.8. The summed E-state index contributed by atoms with van der Waals surface area (Å²) in [6, 6.07) is 51.7. The zero-order valence-corrected chi connectivity index (χ0v) is 24.1. The minimum atomic E-state index is 0.959. The van der Waals surface area contributed by atoms with Crippen molar-refractivity contribution >= 4 is 31.5 Å². The van der Waals surface area contributed by atoms with Crippen molar-refractivity contribution in [1.82, 2.24) is 9.97 Å². The lowest BCUT2D eigenvalue weighted by atomic mass is 9.97. The summed E-state index contributed by atoms with van der Waals surface area (Å²) < 4.78 is 2.62. The lowest BCUT2D eigenvalue weighted by Crippen LogP contribution is -1.91. The summed E-state index contributed by atoms with van der Waals surface area (Å²) in [5.74, 6) is 0. The van der Waals surface area contributed by atoms with E-state index in [1.54, 1.807) is 0 Å². The maximum atomic E-state index is 5.17. The molecular weight excluding hydrogens is 541 g/mol. The minimum Gasteiger partial charge on any atom is -0.265 e. The fraction of sp³-hybridized carbons (Fsp3) is 0. The summed E-state index contributed by atoms with van der Waals surface area (Å²) in [6.07, 6.45) is 3.66. The largest absolute Gasteiger partial charge is 0.265 e. The molecule has 3 aromatic heterocycles. The molecule has 0 unspecified atom stereocenters. The smallest absolute Gasteiger partial charge is 0.0715 e. The van der Waals surface area contributed by atoms with Gasteiger partial charge in [0.15, 0.2) is 0 Å². The zero-order valence-electron chi connectivity index (χ0n) is 23.3. The van der Waals surface area contributed by atoms with Crippen LogP contribution in [0.5, 0.6) is 0 Å². The van der Waals surface area contributed by atoms with Crippen LogP contribution < -0.4 is 0 Å². The zero-order chi connectivity index (χ0) is 28.6. The standard InChI is InChI=1S/C40H26N2S/c1-3-9-29(10-4-1)33-13-7-15-35-36-16-8-14-34(40(36)43-39(33)35)32-25-37(30-11-5-2-6-12-30)42-38(26-32)31-19-17-27(18-20-31)28-21-23-41-24-22-28/h1-26H. The van der Waals surface area contributed by atoms with E-state index >= 15 is 0 Å². The number of hydrogen-bond donors (Lipinski definition) is 0. The molecule has 3 heterocycles. The molecule has 43 heavy (non-hydrogen) atoms. The van der Waals surface area contributed by atoms with Gasteiger partial charge in [-0.05, 0) is 57.6 Å². The second-order valence-electron chi connectivity index (χ2n) is 10.6. The van der Waals surface area contributed by atoms with Crippen LogP contribution in [0.2, 0.25) is 0 Å². The number of nitrogens with zero attached hydrogens (tertiary/aromatic N) is 2. The molecule has 2 nitrogen and oxygen atoms in total. The average molecular weight is 567 g/mol. The molecule has 0 amide bonds. The molecule has 8 rings (SSSR count). The third-order valence-corrected chi connectivity index (χ3v) is 9.30. The van der Waals surface area contributed by atoms with E-state index in [4.69, 9.17) is 4.98 Å².